The van der Waals surface area contributed by atoms with Crippen LogP contribution < -0.4 is 14.8 Å². The number of rotatable bonds is 2. The van der Waals surface area contributed by atoms with Crippen LogP contribution in [0.4, 0.5) is 5.69 Å². The Hall–Kier alpha value is -1.76. The Morgan fingerprint density at radius 1 is 1.17 bits per heavy atom. The third kappa shape index (κ3) is 2.13. The Bertz CT molecular complexity index is 594. The average Bonchev–Trinajstić information content (AvgIpc) is 2.45. The van der Waals surface area contributed by atoms with Gasteiger partial charge in [-0.05, 0) is 0 Å². The molecule has 0 saturated heterocycles. The van der Waals surface area contributed by atoms with Crippen molar-refractivity contribution in [3.63, 3.8) is 0 Å². The van der Waals surface area contributed by atoms with Crippen molar-refractivity contribution in [2.45, 2.75) is 11.3 Å². The lowest BCUT2D eigenvalue weighted by Crippen LogP contribution is -2.11. The zero-order chi connectivity index (χ0) is 13.3. The van der Waals surface area contributed by atoms with Crippen LogP contribution in [0.2, 0.25) is 0 Å². The number of amides is 1. The summed E-state index contributed by atoms with van der Waals surface area (Å²) in [6, 6.07) is 2.82. The van der Waals surface area contributed by atoms with Crippen molar-refractivity contribution >= 4 is 21.4 Å². The van der Waals surface area contributed by atoms with Crippen LogP contribution in [0.1, 0.15) is 6.42 Å². The summed E-state index contributed by atoms with van der Waals surface area (Å²) >= 11 is 0. The highest BCUT2D eigenvalue weighted by molar-refractivity contribution is 7.91. The predicted octanol–water partition coefficient (Wildman–Crippen LogP) is 0.820. The lowest BCUT2D eigenvalue weighted by molar-refractivity contribution is -0.115. The topological polar surface area (TPSA) is 81.7 Å². The molecule has 0 aliphatic carbocycles. The summed E-state index contributed by atoms with van der Waals surface area (Å²) in [5.41, 5.74) is 0.232. The molecular formula is C11H13NO5S. The number of fused-ring (bicyclic) bond motifs is 1. The normalized spacial score (nSPS) is 17.3. The van der Waals surface area contributed by atoms with Gasteiger partial charge < -0.3 is 14.8 Å². The van der Waals surface area contributed by atoms with Gasteiger partial charge in [0.2, 0.25) is 5.91 Å². The monoisotopic (exact) mass is 271 g/mol. The van der Waals surface area contributed by atoms with Gasteiger partial charge in [-0.25, -0.2) is 8.42 Å². The first kappa shape index (κ1) is 12.7. The molecule has 1 aliphatic rings. The lowest BCUT2D eigenvalue weighted by atomic mass is 10.2. The third-order valence-corrected chi connectivity index (χ3v) is 4.44. The van der Waals surface area contributed by atoms with E-state index in [-0.39, 0.29) is 28.7 Å². The molecule has 1 heterocycles. The molecule has 0 unspecified atom stereocenters. The molecule has 1 aromatic carbocycles. The quantitative estimate of drug-likeness (QED) is 0.861. The van der Waals surface area contributed by atoms with Crippen LogP contribution in [-0.4, -0.2) is 34.3 Å². The summed E-state index contributed by atoms with van der Waals surface area (Å²) in [6.45, 7) is 0. The van der Waals surface area contributed by atoms with Crippen LogP contribution >= 0.6 is 0 Å². The van der Waals surface area contributed by atoms with Crippen LogP contribution in [-0.2, 0) is 14.6 Å². The molecule has 0 fully saturated rings. The number of sulfone groups is 1. The van der Waals surface area contributed by atoms with Gasteiger partial charge in [-0.1, -0.05) is 0 Å². The highest BCUT2D eigenvalue weighted by atomic mass is 32.2. The maximum Gasteiger partial charge on any atom is 0.225 e. The first-order valence-electron chi connectivity index (χ1n) is 5.26. The Labute approximate surface area is 105 Å². The summed E-state index contributed by atoms with van der Waals surface area (Å²) in [5, 5.41) is 2.55. The number of carbonyl (C=O) groups is 1. The van der Waals surface area contributed by atoms with E-state index < -0.39 is 9.84 Å². The maximum absolute atomic E-state index is 12.0. The number of carbonyl (C=O) groups excluding carboxylic acids is 1. The molecular weight excluding hydrogens is 258 g/mol. The minimum absolute atomic E-state index is 0.0539. The van der Waals surface area contributed by atoms with Gasteiger partial charge in [-0.15, -0.1) is 0 Å². The minimum Gasteiger partial charge on any atom is -0.493 e. The number of nitrogens with one attached hydrogen (secondary N) is 1. The summed E-state index contributed by atoms with van der Waals surface area (Å²) in [4.78, 5) is 11.5. The van der Waals surface area contributed by atoms with E-state index in [9.17, 15) is 13.2 Å². The first-order valence-corrected chi connectivity index (χ1v) is 6.92. The smallest absolute Gasteiger partial charge is 0.225 e. The second kappa shape index (κ2) is 4.49. The number of anilines is 1. The third-order valence-electron chi connectivity index (χ3n) is 2.69. The van der Waals surface area contributed by atoms with Crippen LogP contribution in [0.25, 0.3) is 0 Å². The first-order chi connectivity index (χ1) is 8.47. The number of hydrogen-bond acceptors (Lipinski definition) is 5. The van der Waals surface area contributed by atoms with Crippen LogP contribution in [0, 0.1) is 0 Å². The fraction of sp³-hybridized carbons (Fsp3) is 0.364. The van der Waals surface area contributed by atoms with Gasteiger partial charge in [0, 0.05) is 18.6 Å². The number of ether oxygens (including phenoxy) is 2. The molecule has 0 spiro atoms. The van der Waals surface area contributed by atoms with Crippen molar-refractivity contribution in [2.24, 2.45) is 0 Å². The van der Waals surface area contributed by atoms with Gasteiger partial charge in [0.1, 0.15) is 0 Å². The van der Waals surface area contributed by atoms with Gasteiger partial charge in [0.25, 0.3) is 0 Å². The second-order valence-electron chi connectivity index (χ2n) is 3.82. The van der Waals surface area contributed by atoms with E-state index in [0.29, 0.717) is 11.5 Å². The van der Waals surface area contributed by atoms with Gasteiger partial charge in [-0.3, -0.25) is 4.79 Å². The Morgan fingerprint density at radius 3 is 2.39 bits per heavy atom. The lowest BCUT2D eigenvalue weighted by Gasteiger charge is -2.12. The molecule has 18 heavy (non-hydrogen) atoms. The van der Waals surface area contributed by atoms with Crippen molar-refractivity contribution in [3.05, 3.63) is 12.1 Å². The maximum atomic E-state index is 12.0. The molecule has 1 aromatic rings. The van der Waals surface area contributed by atoms with E-state index >= 15 is 0 Å². The molecule has 1 N–H and O–H groups in total. The van der Waals surface area contributed by atoms with Gasteiger partial charge in [0.15, 0.2) is 21.3 Å². The minimum atomic E-state index is -3.49. The standard InChI is InChI=1S/C11H13NO5S/c1-16-8-5-7-10(6-9(8)17-2)18(14,15)4-3-11(13)12-7/h5-6H,3-4H2,1-2H3,(H,12,13). The van der Waals surface area contributed by atoms with E-state index in [2.05, 4.69) is 5.32 Å². The van der Waals surface area contributed by atoms with Gasteiger partial charge >= 0.3 is 0 Å². The van der Waals surface area contributed by atoms with Crippen LogP contribution in [0.5, 0.6) is 11.5 Å². The highest BCUT2D eigenvalue weighted by Gasteiger charge is 2.27. The molecule has 0 radical (unpaired) electrons. The predicted molar refractivity (Wildman–Crippen MR) is 64.8 cm³/mol. The molecule has 0 saturated carbocycles. The van der Waals surface area contributed by atoms with E-state index in [0.717, 1.165) is 0 Å². The molecule has 0 bridgehead atoms. The van der Waals surface area contributed by atoms with Crippen molar-refractivity contribution in [2.75, 3.05) is 25.3 Å². The fourth-order valence-corrected chi connectivity index (χ4v) is 3.17. The highest BCUT2D eigenvalue weighted by Crippen LogP contribution is 2.37. The van der Waals surface area contributed by atoms with Gasteiger partial charge in [0.05, 0.1) is 30.6 Å². The van der Waals surface area contributed by atoms with Crippen LogP contribution in [0.15, 0.2) is 17.0 Å². The fourth-order valence-electron chi connectivity index (χ4n) is 1.77. The van der Waals surface area contributed by atoms with E-state index in [4.69, 9.17) is 9.47 Å². The largest absolute Gasteiger partial charge is 0.493 e. The average molecular weight is 271 g/mol. The molecule has 2 rings (SSSR count). The number of hydrogen-bond donors (Lipinski definition) is 1. The summed E-state index contributed by atoms with van der Waals surface area (Å²) in [5.74, 6) is 0.149. The molecule has 7 heteroatoms. The molecule has 1 amide bonds. The SMILES string of the molecule is COc1cc2c(cc1OC)S(=O)(=O)CCC(=O)N2. The zero-order valence-corrected chi connectivity index (χ0v) is 10.8. The second-order valence-corrected chi connectivity index (χ2v) is 5.90. The van der Waals surface area contributed by atoms with Gasteiger partial charge in [-0.2, -0.15) is 0 Å². The number of methoxy groups -OCH3 is 2. The Morgan fingerprint density at radius 2 is 1.78 bits per heavy atom. The van der Waals surface area contributed by atoms with E-state index in [1.54, 1.807) is 0 Å². The molecule has 1 aliphatic heterocycles. The molecule has 6 nitrogen and oxygen atoms in total. The summed E-state index contributed by atoms with van der Waals surface area (Å²) in [7, 11) is -0.623. The Kier molecular flexibility index (Phi) is 3.16. The zero-order valence-electron chi connectivity index (χ0n) is 10.0. The summed E-state index contributed by atoms with van der Waals surface area (Å²) in [6.07, 6.45) is -0.0539. The van der Waals surface area contributed by atoms with Crippen molar-refractivity contribution in [1.82, 2.24) is 0 Å². The van der Waals surface area contributed by atoms with E-state index in [1.165, 1.54) is 26.4 Å². The van der Waals surface area contributed by atoms with Crippen LogP contribution in [0.3, 0.4) is 0 Å². The molecule has 0 aromatic heterocycles. The molecule has 0 atom stereocenters. The Balaban J connectivity index is 2.68. The molecule has 98 valence electrons. The van der Waals surface area contributed by atoms with Crippen molar-refractivity contribution < 1.29 is 22.7 Å². The van der Waals surface area contributed by atoms with E-state index in [1.807, 2.05) is 0 Å². The summed E-state index contributed by atoms with van der Waals surface area (Å²) < 4.78 is 34.2. The number of benzene rings is 1. The van der Waals surface area contributed by atoms with Crippen molar-refractivity contribution in [3.8, 4) is 11.5 Å². The van der Waals surface area contributed by atoms with Crippen molar-refractivity contribution in [1.29, 1.82) is 0 Å².